The Kier molecular flexibility index (Phi) is 5.69. The van der Waals surface area contributed by atoms with Crippen molar-refractivity contribution in [3.63, 3.8) is 0 Å². The van der Waals surface area contributed by atoms with E-state index >= 15 is 0 Å². The zero-order valence-electron chi connectivity index (χ0n) is 13.0. The van der Waals surface area contributed by atoms with Gasteiger partial charge in [-0.3, -0.25) is 4.79 Å². The van der Waals surface area contributed by atoms with Gasteiger partial charge >= 0.3 is 0 Å². The molecule has 0 aliphatic heterocycles. The van der Waals surface area contributed by atoms with Crippen molar-refractivity contribution in [3.8, 4) is 0 Å². The Balaban J connectivity index is 2.01. The molecule has 0 spiro atoms. The van der Waals surface area contributed by atoms with Crippen LogP contribution in [0.1, 0.15) is 31.0 Å². The highest BCUT2D eigenvalue weighted by Crippen LogP contribution is 2.16. The van der Waals surface area contributed by atoms with Gasteiger partial charge in [-0.1, -0.05) is 42.5 Å². The van der Waals surface area contributed by atoms with Crippen molar-refractivity contribution in [2.75, 3.05) is 5.32 Å². The topological polar surface area (TPSA) is 64.3 Å². The molecule has 1 atom stereocenters. The molecule has 2 aromatic rings. The van der Waals surface area contributed by atoms with Crippen LogP contribution in [0, 0.1) is 0 Å². The summed E-state index contributed by atoms with van der Waals surface area (Å²) in [6.45, 7) is 4.50. The van der Waals surface area contributed by atoms with Gasteiger partial charge in [0.2, 0.25) is 5.91 Å². The van der Waals surface area contributed by atoms with Gasteiger partial charge < -0.3 is 15.8 Å². The van der Waals surface area contributed by atoms with E-state index in [9.17, 15) is 4.79 Å². The third kappa shape index (κ3) is 4.69. The molecule has 4 nitrogen and oxygen atoms in total. The fourth-order valence-corrected chi connectivity index (χ4v) is 2.03. The monoisotopic (exact) mass is 298 g/mol. The molecule has 4 heteroatoms. The summed E-state index contributed by atoms with van der Waals surface area (Å²) in [4.78, 5) is 12.2. The van der Waals surface area contributed by atoms with E-state index in [1.165, 1.54) is 0 Å². The zero-order valence-corrected chi connectivity index (χ0v) is 13.0. The summed E-state index contributed by atoms with van der Waals surface area (Å²) >= 11 is 0. The summed E-state index contributed by atoms with van der Waals surface area (Å²) in [7, 11) is 0. The van der Waals surface area contributed by atoms with Crippen molar-refractivity contribution in [2.24, 2.45) is 5.73 Å². The Labute approximate surface area is 131 Å². The van der Waals surface area contributed by atoms with Gasteiger partial charge in [0, 0.05) is 5.69 Å². The third-order valence-electron chi connectivity index (χ3n) is 3.22. The molecule has 0 aliphatic rings. The predicted octanol–water partition coefficient (Wildman–Crippen LogP) is 3.25. The number of amides is 1. The summed E-state index contributed by atoms with van der Waals surface area (Å²) in [5.74, 6) is -0.229. The number of carbonyl (C=O) groups is 1. The number of rotatable bonds is 6. The van der Waals surface area contributed by atoms with Crippen LogP contribution in [0.5, 0.6) is 0 Å². The number of benzene rings is 2. The Hall–Kier alpha value is -2.17. The molecule has 0 saturated heterocycles. The molecule has 3 N–H and O–H groups in total. The van der Waals surface area contributed by atoms with E-state index in [2.05, 4.69) is 5.32 Å². The zero-order chi connectivity index (χ0) is 15.9. The average Bonchev–Trinajstić information content (AvgIpc) is 2.53. The van der Waals surface area contributed by atoms with Crippen LogP contribution in [0.4, 0.5) is 5.69 Å². The van der Waals surface area contributed by atoms with Crippen LogP contribution in [0.2, 0.25) is 0 Å². The van der Waals surface area contributed by atoms with Crippen LogP contribution >= 0.6 is 0 Å². The molecule has 0 fully saturated rings. The van der Waals surface area contributed by atoms with Crippen molar-refractivity contribution >= 4 is 11.6 Å². The smallest absolute Gasteiger partial charge is 0.245 e. The fraction of sp³-hybridized carbons (Fsp3) is 0.278. The van der Waals surface area contributed by atoms with E-state index in [1.807, 2.05) is 68.4 Å². The number of hydrogen-bond acceptors (Lipinski definition) is 3. The molecule has 0 aliphatic carbocycles. The predicted molar refractivity (Wildman–Crippen MR) is 88.4 cm³/mol. The Bertz CT molecular complexity index is 611. The highest BCUT2D eigenvalue weighted by molar-refractivity contribution is 5.95. The molecule has 1 amide bonds. The molecule has 0 heterocycles. The van der Waals surface area contributed by atoms with E-state index in [-0.39, 0.29) is 12.0 Å². The lowest BCUT2D eigenvalue weighted by Crippen LogP contribution is -2.27. The third-order valence-corrected chi connectivity index (χ3v) is 3.22. The summed E-state index contributed by atoms with van der Waals surface area (Å²) in [5, 5.41) is 2.85. The molecular weight excluding hydrogens is 276 g/mol. The van der Waals surface area contributed by atoms with Gasteiger partial charge in [-0.05, 0) is 37.1 Å². The number of carbonyl (C=O) groups excluding carboxylic acids is 1. The van der Waals surface area contributed by atoms with Crippen LogP contribution in [0.15, 0.2) is 54.6 Å². The normalized spacial score (nSPS) is 12.2. The van der Waals surface area contributed by atoms with Gasteiger partial charge in [0.15, 0.2) is 0 Å². The number of ether oxygens (including phenoxy) is 1. The van der Waals surface area contributed by atoms with Crippen LogP contribution in [-0.2, 0) is 16.1 Å². The maximum Gasteiger partial charge on any atom is 0.245 e. The molecule has 2 rings (SSSR count). The lowest BCUT2D eigenvalue weighted by molar-refractivity contribution is -0.117. The van der Waals surface area contributed by atoms with Crippen LogP contribution in [0.25, 0.3) is 0 Å². The first-order chi connectivity index (χ1) is 10.6. The molecule has 0 saturated carbocycles. The van der Waals surface area contributed by atoms with E-state index in [1.54, 1.807) is 0 Å². The van der Waals surface area contributed by atoms with E-state index < -0.39 is 6.04 Å². The SMILES string of the molecule is CC(C)OCc1cccc(NC(=O)C(N)c2ccccc2)c1. The van der Waals surface area contributed by atoms with Crippen LogP contribution in [0.3, 0.4) is 0 Å². The van der Waals surface area contributed by atoms with Crippen molar-refractivity contribution in [1.82, 2.24) is 0 Å². The molecule has 22 heavy (non-hydrogen) atoms. The number of anilines is 1. The highest BCUT2D eigenvalue weighted by Gasteiger charge is 2.15. The van der Waals surface area contributed by atoms with Gasteiger partial charge in [-0.2, -0.15) is 0 Å². The first kappa shape index (κ1) is 16.2. The molecule has 0 radical (unpaired) electrons. The minimum absolute atomic E-state index is 0.171. The first-order valence-electron chi connectivity index (χ1n) is 7.38. The summed E-state index contributed by atoms with van der Waals surface area (Å²) < 4.78 is 5.57. The maximum absolute atomic E-state index is 12.2. The number of nitrogens with two attached hydrogens (primary N) is 1. The average molecular weight is 298 g/mol. The lowest BCUT2D eigenvalue weighted by atomic mass is 10.1. The standard InChI is InChI=1S/C18H22N2O2/c1-13(2)22-12-14-7-6-10-16(11-14)20-18(21)17(19)15-8-4-3-5-9-15/h3-11,13,17H,12,19H2,1-2H3,(H,20,21). The van der Waals surface area contributed by atoms with Gasteiger partial charge in [0.25, 0.3) is 0 Å². The van der Waals surface area contributed by atoms with Crippen molar-refractivity contribution in [2.45, 2.75) is 32.6 Å². The van der Waals surface area contributed by atoms with E-state index in [4.69, 9.17) is 10.5 Å². The Morgan fingerprint density at radius 2 is 1.86 bits per heavy atom. The second kappa shape index (κ2) is 7.73. The summed E-state index contributed by atoms with van der Waals surface area (Å²) in [6, 6.07) is 16.2. The molecule has 0 bridgehead atoms. The van der Waals surface area contributed by atoms with E-state index in [0.29, 0.717) is 6.61 Å². The molecule has 1 unspecified atom stereocenters. The largest absolute Gasteiger partial charge is 0.374 e. The molecular formula is C18H22N2O2. The Morgan fingerprint density at radius 3 is 2.55 bits per heavy atom. The first-order valence-corrected chi connectivity index (χ1v) is 7.38. The highest BCUT2D eigenvalue weighted by atomic mass is 16.5. The van der Waals surface area contributed by atoms with Crippen LogP contribution in [-0.4, -0.2) is 12.0 Å². The molecule has 2 aromatic carbocycles. The fourth-order valence-electron chi connectivity index (χ4n) is 2.03. The van der Waals surface area contributed by atoms with Gasteiger partial charge in [0.05, 0.1) is 12.7 Å². The lowest BCUT2D eigenvalue weighted by Gasteiger charge is -2.13. The summed E-state index contributed by atoms with van der Waals surface area (Å²) in [5.41, 5.74) is 8.51. The van der Waals surface area contributed by atoms with Crippen molar-refractivity contribution in [1.29, 1.82) is 0 Å². The van der Waals surface area contributed by atoms with Gasteiger partial charge in [0.1, 0.15) is 6.04 Å². The maximum atomic E-state index is 12.2. The summed E-state index contributed by atoms with van der Waals surface area (Å²) in [6.07, 6.45) is 0.171. The van der Waals surface area contributed by atoms with Gasteiger partial charge in [-0.25, -0.2) is 0 Å². The van der Waals surface area contributed by atoms with Gasteiger partial charge in [-0.15, -0.1) is 0 Å². The number of hydrogen-bond donors (Lipinski definition) is 2. The quantitative estimate of drug-likeness (QED) is 0.860. The molecule has 0 aromatic heterocycles. The van der Waals surface area contributed by atoms with Crippen molar-refractivity contribution in [3.05, 3.63) is 65.7 Å². The molecule has 116 valence electrons. The Morgan fingerprint density at radius 1 is 1.14 bits per heavy atom. The second-order valence-electron chi connectivity index (χ2n) is 5.44. The van der Waals surface area contributed by atoms with E-state index in [0.717, 1.165) is 16.8 Å². The minimum Gasteiger partial charge on any atom is -0.374 e. The van der Waals surface area contributed by atoms with Crippen LogP contribution < -0.4 is 11.1 Å². The second-order valence-corrected chi connectivity index (χ2v) is 5.44. The number of nitrogens with one attached hydrogen (secondary N) is 1. The van der Waals surface area contributed by atoms with Crippen molar-refractivity contribution < 1.29 is 9.53 Å². The minimum atomic E-state index is -0.684.